The predicted molar refractivity (Wildman–Crippen MR) is 77.1 cm³/mol. The number of hydrogen-bond acceptors (Lipinski definition) is 3. The van der Waals surface area contributed by atoms with Crippen LogP contribution in [0.25, 0.3) is 0 Å². The van der Waals surface area contributed by atoms with Gasteiger partial charge < -0.3 is 5.11 Å². The number of carboxylic acid groups (broad SMARTS) is 1. The van der Waals surface area contributed by atoms with E-state index in [1.54, 1.807) is 0 Å². The van der Waals surface area contributed by atoms with E-state index in [0.717, 1.165) is 8.95 Å². The van der Waals surface area contributed by atoms with Crippen molar-refractivity contribution in [1.29, 1.82) is 0 Å². The summed E-state index contributed by atoms with van der Waals surface area (Å²) >= 11 is 8.06. The molecule has 98 valence electrons. The Morgan fingerprint density at radius 2 is 1.94 bits per heavy atom. The van der Waals surface area contributed by atoms with Gasteiger partial charge in [0.25, 0.3) is 0 Å². The number of ketones is 1. The molecule has 0 aromatic carbocycles. The smallest absolute Gasteiger partial charge is 0.307 e. The molecule has 1 N–H and O–H groups in total. The fourth-order valence-electron chi connectivity index (χ4n) is 2.51. The van der Waals surface area contributed by atoms with E-state index in [1.165, 1.54) is 11.3 Å². The molecule has 1 aliphatic rings. The summed E-state index contributed by atoms with van der Waals surface area (Å²) in [6.45, 7) is 2.00. The third-order valence-electron chi connectivity index (χ3n) is 3.37. The number of carboxylic acids is 1. The van der Waals surface area contributed by atoms with E-state index in [-0.39, 0.29) is 11.7 Å². The number of halogens is 2. The summed E-state index contributed by atoms with van der Waals surface area (Å²) < 4.78 is 1.58. The Labute approximate surface area is 126 Å². The van der Waals surface area contributed by atoms with Crippen molar-refractivity contribution >= 4 is 54.9 Å². The van der Waals surface area contributed by atoms with Gasteiger partial charge in [-0.2, -0.15) is 0 Å². The van der Waals surface area contributed by atoms with E-state index in [9.17, 15) is 14.7 Å². The molecule has 0 spiro atoms. The maximum atomic E-state index is 12.4. The van der Waals surface area contributed by atoms with E-state index >= 15 is 0 Å². The van der Waals surface area contributed by atoms with Crippen molar-refractivity contribution < 1.29 is 14.7 Å². The molecule has 6 heteroatoms. The lowest BCUT2D eigenvalue weighted by Gasteiger charge is -2.13. The molecular weight excluding hydrogens is 384 g/mol. The quantitative estimate of drug-likeness (QED) is 0.780. The van der Waals surface area contributed by atoms with Gasteiger partial charge >= 0.3 is 5.97 Å². The first-order valence-corrected chi connectivity index (χ1v) is 8.07. The molecule has 3 atom stereocenters. The Kier molecular flexibility index (Phi) is 4.29. The fourth-order valence-corrected chi connectivity index (χ4v) is 4.68. The molecule has 0 bridgehead atoms. The second-order valence-electron chi connectivity index (χ2n) is 4.72. The van der Waals surface area contributed by atoms with Crippen LogP contribution in [-0.2, 0) is 4.79 Å². The number of carbonyl (C=O) groups excluding carboxylic acids is 1. The highest BCUT2D eigenvalue weighted by atomic mass is 79.9. The zero-order chi connectivity index (χ0) is 13.4. The molecule has 1 fully saturated rings. The van der Waals surface area contributed by atoms with Crippen molar-refractivity contribution in [2.45, 2.75) is 19.8 Å². The SMILES string of the molecule is CC1CC(C(=O)O)C(C(=O)c2scc(Br)c2Br)C1. The van der Waals surface area contributed by atoms with Crippen LogP contribution in [0.1, 0.15) is 29.4 Å². The van der Waals surface area contributed by atoms with Gasteiger partial charge in [-0.1, -0.05) is 6.92 Å². The van der Waals surface area contributed by atoms with E-state index in [0.29, 0.717) is 23.6 Å². The van der Waals surface area contributed by atoms with Crippen LogP contribution < -0.4 is 0 Å². The third kappa shape index (κ3) is 2.56. The highest BCUT2D eigenvalue weighted by molar-refractivity contribution is 9.13. The van der Waals surface area contributed by atoms with Gasteiger partial charge in [0.2, 0.25) is 0 Å². The second kappa shape index (κ2) is 5.43. The van der Waals surface area contributed by atoms with Gasteiger partial charge in [-0.3, -0.25) is 9.59 Å². The normalized spacial score (nSPS) is 27.4. The van der Waals surface area contributed by atoms with Crippen molar-refractivity contribution in [2.24, 2.45) is 17.8 Å². The van der Waals surface area contributed by atoms with E-state index < -0.39 is 11.9 Å². The van der Waals surface area contributed by atoms with Crippen LogP contribution in [-0.4, -0.2) is 16.9 Å². The van der Waals surface area contributed by atoms with Crippen molar-refractivity contribution in [2.75, 3.05) is 0 Å². The Bertz CT molecular complexity index is 498. The molecule has 0 amide bonds. The van der Waals surface area contributed by atoms with Gasteiger partial charge in [0.05, 0.1) is 15.3 Å². The Balaban J connectivity index is 2.28. The van der Waals surface area contributed by atoms with Gasteiger partial charge in [-0.05, 0) is 50.6 Å². The van der Waals surface area contributed by atoms with Crippen LogP contribution in [0, 0.1) is 17.8 Å². The molecule has 1 aliphatic carbocycles. The number of carbonyl (C=O) groups is 2. The number of Topliss-reactive ketones (excluding diaryl/α,β-unsaturated/α-hetero) is 1. The zero-order valence-corrected chi connectivity index (χ0v) is 13.6. The monoisotopic (exact) mass is 394 g/mol. The number of rotatable bonds is 3. The van der Waals surface area contributed by atoms with Crippen LogP contribution in [0.4, 0.5) is 0 Å². The first-order valence-electron chi connectivity index (χ1n) is 5.61. The summed E-state index contributed by atoms with van der Waals surface area (Å²) in [5.74, 6) is -1.54. The van der Waals surface area contributed by atoms with Gasteiger partial charge in [-0.25, -0.2) is 0 Å². The summed E-state index contributed by atoms with van der Waals surface area (Å²) in [6.07, 6.45) is 1.26. The molecule has 18 heavy (non-hydrogen) atoms. The summed E-state index contributed by atoms with van der Waals surface area (Å²) in [5, 5.41) is 11.0. The van der Waals surface area contributed by atoms with E-state index in [1.807, 2.05) is 12.3 Å². The minimum Gasteiger partial charge on any atom is -0.481 e. The average Bonchev–Trinajstić information content (AvgIpc) is 2.84. The Morgan fingerprint density at radius 3 is 2.44 bits per heavy atom. The van der Waals surface area contributed by atoms with Gasteiger partial charge in [0.1, 0.15) is 0 Å². The van der Waals surface area contributed by atoms with Crippen LogP contribution in [0.3, 0.4) is 0 Å². The van der Waals surface area contributed by atoms with Gasteiger partial charge in [0, 0.05) is 15.8 Å². The highest BCUT2D eigenvalue weighted by Crippen LogP contribution is 2.42. The van der Waals surface area contributed by atoms with Crippen molar-refractivity contribution in [3.05, 3.63) is 19.2 Å². The minimum absolute atomic E-state index is 0.0469. The molecule has 1 saturated carbocycles. The lowest BCUT2D eigenvalue weighted by atomic mass is 9.91. The third-order valence-corrected chi connectivity index (χ3v) is 6.91. The predicted octanol–water partition coefficient (Wildman–Crippen LogP) is 4.20. The largest absolute Gasteiger partial charge is 0.481 e. The van der Waals surface area contributed by atoms with E-state index in [4.69, 9.17) is 0 Å². The standard InChI is InChI=1S/C12H12Br2O3S/c1-5-2-6(7(3-5)12(16)17)10(15)11-9(14)8(13)4-18-11/h4-7H,2-3H2,1H3,(H,16,17). The van der Waals surface area contributed by atoms with Crippen LogP contribution in [0.2, 0.25) is 0 Å². The zero-order valence-electron chi connectivity index (χ0n) is 9.65. The summed E-state index contributed by atoms with van der Waals surface area (Å²) in [5.41, 5.74) is 0. The van der Waals surface area contributed by atoms with Crippen molar-refractivity contribution in [3.63, 3.8) is 0 Å². The summed E-state index contributed by atoms with van der Waals surface area (Å²) in [6, 6.07) is 0. The highest BCUT2D eigenvalue weighted by Gasteiger charge is 2.42. The van der Waals surface area contributed by atoms with E-state index in [2.05, 4.69) is 31.9 Å². The summed E-state index contributed by atoms with van der Waals surface area (Å²) in [7, 11) is 0. The topological polar surface area (TPSA) is 54.4 Å². The van der Waals surface area contributed by atoms with Gasteiger partial charge in [0.15, 0.2) is 5.78 Å². The second-order valence-corrected chi connectivity index (χ2v) is 7.25. The molecule has 3 nitrogen and oxygen atoms in total. The average molecular weight is 396 g/mol. The van der Waals surface area contributed by atoms with Crippen molar-refractivity contribution in [3.8, 4) is 0 Å². The Morgan fingerprint density at radius 1 is 1.33 bits per heavy atom. The molecule has 0 aliphatic heterocycles. The lowest BCUT2D eigenvalue weighted by Crippen LogP contribution is -2.25. The minimum atomic E-state index is -0.857. The molecule has 1 heterocycles. The number of aliphatic carboxylic acids is 1. The number of thiophene rings is 1. The first kappa shape index (κ1) is 14.2. The fraction of sp³-hybridized carbons (Fsp3) is 0.500. The maximum absolute atomic E-state index is 12.4. The molecular formula is C12H12Br2O3S. The Hall–Kier alpha value is -0.200. The van der Waals surface area contributed by atoms with Crippen molar-refractivity contribution in [1.82, 2.24) is 0 Å². The summed E-state index contributed by atoms with van der Waals surface area (Å²) in [4.78, 5) is 24.3. The maximum Gasteiger partial charge on any atom is 0.307 e. The van der Waals surface area contributed by atoms with Crippen LogP contribution >= 0.6 is 43.2 Å². The van der Waals surface area contributed by atoms with Gasteiger partial charge in [-0.15, -0.1) is 11.3 Å². The first-order chi connectivity index (χ1) is 8.41. The molecule has 1 aromatic heterocycles. The van der Waals surface area contributed by atoms with Crippen LogP contribution in [0.5, 0.6) is 0 Å². The lowest BCUT2D eigenvalue weighted by molar-refractivity contribution is -0.142. The van der Waals surface area contributed by atoms with Crippen LogP contribution in [0.15, 0.2) is 14.3 Å². The molecule has 1 aromatic rings. The molecule has 0 radical (unpaired) electrons. The molecule has 0 saturated heterocycles. The molecule has 3 unspecified atom stereocenters. The number of hydrogen-bond donors (Lipinski definition) is 1. The molecule has 2 rings (SSSR count).